The molecule has 1 aromatic heterocycles. The Labute approximate surface area is 141 Å². The molecule has 0 fully saturated rings. The highest BCUT2D eigenvalue weighted by Crippen LogP contribution is 2.13. The van der Waals surface area contributed by atoms with Crippen LogP contribution in [-0.2, 0) is 6.54 Å². The number of thiocarbonyl (C=S) groups is 1. The Morgan fingerprint density at radius 1 is 1.26 bits per heavy atom. The van der Waals surface area contributed by atoms with Crippen molar-refractivity contribution in [1.29, 1.82) is 0 Å². The third-order valence-electron chi connectivity index (χ3n) is 2.93. The van der Waals surface area contributed by atoms with Crippen LogP contribution < -0.4 is 15.4 Å². The SMILES string of the molecule is CC(C)COc1ccc(C(=O)NC(=S)NCc2ccco2)cc1. The van der Waals surface area contributed by atoms with E-state index in [9.17, 15) is 4.79 Å². The quantitative estimate of drug-likeness (QED) is 0.796. The molecular weight excluding hydrogens is 312 g/mol. The van der Waals surface area contributed by atoms with Gasteiger partial charge < -0.3 is 14.5 Å². The zero-order chi connectivity index (χ0) is 16.7. The van der Waals surface area contributed by atoms with Gasteiger partial charge in [-0.15, -0.1) is 0 Å². The van der Waals surface area contributed by atoms with E-state index in [-0.39, 0.29) is 11.0 Å². The van der Waals surface area contributed by atoms with Crippen molar-refractivity contribution in [3.63, 3.8) is 0 Å². The molecule has 6 heteroatoms. The fourth-order valence-corrected chi connectivity index (χ4v) is 1.93. The van der Waals surface area contributed by atoms with Gasteiger partial charge in [0.2, 0.25) is 0 Å². The zero-order valence-corrected chi connectivity index (χ0v) is 14.0. The smallest absolute Gasteiger partial charge is 0.257 e. The second-order valence-corrected chi connectivity index (χ2v) is 5.85. The maximum absolute atomic E-state index is 12.1. The monoisotopic (exact) mass is 332 g/mol. The molecule has 2 N–H and O–H groups in total. The summed E-state index contributed by atoms with van der Waals surface area (Å²) in [6.07, 6.45) is 1.58. The molecule has 1 aromatic carbocycles. The van der Waals surface area contributed by atoms with Crippen molar-refractivity contribution in [1.82, 2.24) is 10.6 Å². The van der Waals surface area contributed by atoms with Crippen molar-refractivity contribution < 1.29 is 13.9 Å². The van der Waals surface area contributed by atoms with Crippen molar-refractivity contribution in [2.24, 2.45) is 5.92 Å². The van der Waals surface area contributed by atoms with Gasteiger partial charge in [0.05, 0.1) is 19.4 Å². The standard InChI is InChI=1S/C17H20N2O3S/c1-12(2)11-22-14-7-5-13(6-8-14)16(20)19-17(23)18-10-15-4-3-9-21-15/h3-9,12H,10-11H2,1-2H3,(H2,18,19,20,23). The lowest BCUT2D eigenvalue weighted by Crippen LogP contribution is -2.38. The predicted molar refractivity (Wildman–Crippen MR) is 92.4 cm³/mol. The molecule has 0 saturated carbocycles. The summed E-state index contributed by atoms with van der Waals surface area (Å²) in [7, 11) is 0. The summed E-state index contributed by atoms with van der Waals surface area (Å²) in [5, 5.41) is 5.79. The largest absolute Gasteiger partial charge is 0.493 e. The second kappa shape index (κ2) is 8.33. The second-order valence-electron chi connectivity index (χ2n) is 5.45. The van der Waals surface area contributed by atoms with E-state index in [0.717, 1.165) is 11.5 Å². The van der Waals surface area contributed by atoms with Crippen LogP contribution in [-0.4, -0.2) is 17.6 Å². The highest BCUT2D eigenvalue weighted by Gasteiger charge is 2.08. The molecule has 0 aliphatic rings. The molecule has 23 heavy (non-hydrogen) atoms. The van der Waals surface area contributed by atoms with Crippen LogP contribution in [0, 0.1) is 5.92 Å². The average Bonchev–Trinajstić information content (AvgIpc) is 3.05. The molecular formula is C17H20N2O3S. The summed E-state index contributed by atoms with van der Waals surface area (Å²) in [6, 6.07) is 10.6. The summed E-state index contributed by atoms with van der Waals surface area (Å²) >= 11 is 5.09. The van der Waals surface area contributed by atoms with Crippen LogP contribution in [0.2, 0.25) is 0 Å². The maximum Gasteiger partial charge on any atom is 0.257 e. The molecule has 0 bridgehead atoms. The summed E-state index contributed by atoms with van der Waals surface area (Å²) in [5.41, 5.74) is 0.518. The molecule has 5 nitrogen and oxygen atoms in total. The van der Waals surface area contributed by atoms with Gasteiger partial charge in [0.25, 0.3) is 5.91 Å². The number of hydrogen-bond acceptors (Lipinski definition) is 4. The molecule has 0 spiro atoms. The van der Waals surface area contributed by atoms with Gasteiger partial charge in [0.15, 0.2) is 5.11 Å². The lowest BCUT2D eigenvalue weighted by Gasteiger charge is -2.10. The molecule has 0 radical (unpaired) electrons. The molecule has 0 unspecified atom stereocenters. The number of furan rings is 1. The van der Waals surface area contributed by atoms with Crippen molar-refractivity contribution in [2.75, 3.05) is 6.61 Å². The van der Waals surface area contributed by atoms with Gasteiger partial charge in [-0.05, 0) is 54.5 Å². The number of ether oxygens (including phenoxy) is 1. The average molecular weight is 332 g/mol. The van der Waals surface area contributed by atoms with Gasteiger partial charge in [-0.1, -0.05) is 13.8 Å². The van der Waals surface area contributed by atoms with Crippen molar-refractivity contribution in [3.05, 3.63) is 54.0 Å². The van der Waals surface area contributed by atoms with Gasteiger partial charge >= 0.3 is 0 Å². The third-order valence-corrected chi connectivity index (χ3v) is 3.18. The van der Waals surface area contributed by atoms with E-state index in [4.69, 9.17) is 21.4 Å². The van der Waals surface area contributed by atoms with E-state index in [1.165, 1.54) is 0 Å². The first kappa shape index (κ1) is 17.0. The minimum Gasteiger partial charge on any atom is -0.493 e. The van der Waals surface area contributed by atoms with Crippen LogP contribution in [0.25, 0.3) is 0 Å². The Kier molecular flexibility index (Phi) is 6.17. The van der Waals surface area contributed by atoms with Crippen molar-refractivity contribution in [3.8, 4) is 5.75 Å². The lowest BCUT2D eigenvalue weighted by molar-refractivity contribution is 0.0976. The van der Waals surface area contributed by atoms with Crippen LogP contribution in [0.4, 0.5) is 0 Å². The Morgan fingerprint density at radius 3 is 2.61 bits per heavy atom. The minimum atomic E-state index is -0.266. The zero-order valence-electron chi connectivity index (χ0n) is 13.2. The van der Waals surface area contributed by atoms with Crippen molar-refractivity contribution in [2.45, 2.75) is 20.4 Å². The normalized spacial score (nSPS) is 10.4. The first-order valence-electron chi connectivity index (χ1n) is 7.39. The maximum atomic E-state index is 12.1. The molecule has 1 heterocycles. The molecule has 0 aliphatic heterocycles. The Hall–Kier alpha value is -2.34. The lowest BCUT2D eigenvalue weighted by atomic mass is 10.2. The topological polar surface area (TPSA) is 63.5 Å². The van der Waals surface area contributed by atoms with E-state index in [0.29, 0.717) is 24.6 Å². The minimum absolute atomic E-state index is 0.256. The molecule has 0 aliphatic carbocycles. The molecule has 122 valence electrons. The van der Waals surface area contributed by atoms with Gasteiger partial charge in [-0.3, -0.25) is 10.1 Å². The van der Waals surface area contributed by atoms with Gasteiger partial charge in [-0.25, -0.2) is 0 Å². The van der Waals surface area contributed by atoms with Crippen LogP contribution in [0.1, 0.15) is 30.0 Å². The summed E-state index contributed by atoms with van der Waals surface area (Å²) in [5.74, 6) is 1.68. The molecule has 1 amide bonds. The highest BCUT2D eigenvalue weighted by molar-refractivity contribution is 7.80. The van der Waals surface area contributed by atoms with Crippen molar-refractivity contribution >= 4 is 23.2 Å². The Bertz CT molecular complexity index is 636. The highest BCUT2D eigenvalue weighted by atomic mass is 32.1. The van der Waals surface area contributed by atoms with Crippen LogP contribution in [0.3, 0.4) is 0 Å². The summed E-state index contributed by atoms with van der Waals surface area (Å²) in [6.45, 7) is 5.23. The summed E-state index contributed by atoms with van der Waals surface area (Å²) < 4.78 is 10.8. The molecule has 2 rings (SSSR count). The first-order chi connectivity index (χ1) is 11.0. The molecule has 2 aromatic rings. The third kappa shape index (κ3) is 5.75. The fourth-order valence-electron chi connectivity index (χ4n) is 1.77. The number of hydrogen-bond donors (Lipinski definition) is 2. The molecule has 0 atom stereocenters. The summed E-state index contributed by atoms with van der Waals surface area (Å²) in [4.78, 5) is 12.1. The van der Waals surface area contributed by atoms with E-state index in [2.05, 4.69) is 24.5 Å². The van der Waals surface area contributed by atoms with E-state index in [1.807, 2.05) is 6.07 Å². The Morgan fingerprint density at radius 2 is 2.00 bits per heavy atom. The number of carbonyl (C=O) groups is 1. The number of carbonyl (C=O) groups excluding carboxylic acids is 1. The number of rotatable bonds is 6. The predicted octanol–water partition coefficient (Wildman–Crippen LogP) is 3.12. The van der Waals surface area contributed by atoms with Gasteiger partial charge in [0, 0.05) is 5.56 Å². The number of amides is 1. The first-order valence-corrected chi connectivity index (χ1v) is 7.80. The van der Waals surface area contributed by atoms with E-state index in [1.54, 1.807) is 36.6 Å². The van der Waals surface area contributed by atoms with Crippen LogP contribution in [0.5, 0.6) is 5.75 Å². The van der Waals surface area contributed by atoms with Gasteiger partial charge in [-0.2, -0.15) is 0 Å². The van der Waals surface area contributed by atoms with E-state index < -0.39 is 0 Å². The number of benzene rings is 1. The van der Waals surface area contributed by atoms with Gasteiger partial charge in [0.1, 0.15) is 11.5 Å². The Balaban J connectivity index is 1.81. The van der Waals surface area contributed by atoms with E-state index >= 15 is 0 Å². The van der Waals surface area contributed by atoms with Crippen LogP contribution in [0.15, 0.2) is 47.1 Å². The molecule has 0 saturated heterocycles. The number of nitrogens with one attached hydrogen (secondary N) is 2. The fraction of sp³-hybridized carbons (Fsp3) is 0.294. The van der Waals surface area contributed by atoms with Crippen LogP contribution >= 0.6 is 12.2 Å².